The predicted octanol–water partition coefficient (Wildman–Crippen LogP) is 0.802. The van der Waals surface area contributed by atoms with Crippen molar-refractivity contribution in [1.82, 2.24) is 4.90 Å². The second-order valence-electron chi connectivity index (χ2n) is 4.12. The molecule has 0 unspecified atom stereocenters. The highest BCUT2D eigenvalue weighted by atomic mass is 16.5. The SMILES string of the molecule is COC(=O)[C@H]1C[C@@H]2C=C[C@H]1N(C(=O)OC)C2. The van der Waals surface area contributed by atoms with Crippen LogP contribution in [0.5, 0.6) is 0 Å². The summed E-state index contributed by atoms with van der Waals surface area (Å²) in [5.74, 6) is -0.283. The number of fused-ring (bicyclic) bond motifs is 2. The van der Waals surface area contributed by atoms with E-state index in [9.17, 15) is 9.59 Å². The maximum absolute atomic E-state index is 11.6. The van der Waals surface area contributed by atoms with Gasteiger partial charge in [-0.15, -0.1) is 0 Å². The van der Waals surface area contributed by atoms with Crippen molar-refractivity contribution < 1.29 is 19.1 Å². The molecule has 1 saturated heterocycles. The average Bonchev–Trinajstić information content (AvgIpc) is 2.37. The van der Waals surface area contributed by atoms with Gasteiger partial charge in [-0.2, -0.15) is 0 Å². The third-order valence-corrected chi connectivity index (χ3v) is 3.25. The normalized spacial score (nSPS) is 31.4. The van der Waals surface area contributed by atoms with Crippen molar-refractivity contribution in [3.8, 4) is 0 Å². The lowest BCUT2D eigenvalue weighted by Crippen LogP contribution is -2.55. The highest BCUT2D eigenvalue weighted by Crippen LogP contribution is 2.35. The van der Waals surface area contributed by atoms with Crippen LogP contribution in [0.15, 0.2) is 12.2 Å². The van der Waals surface area contributed by atoms with Crippen molar-refractivity contribution in [3.63, 3.8) is 0 Å². The van der Waals surface area contributed by atoms with Crippen molar-refractivity contribution in [3.05, 3.63) is 12.2 Å². The van der Waals surface area contributed by atoms with E-state index in [-0.39, 0.29) is 29.9 Å². The molecule has 2 aliphatic heterocycles. The monoisotopic (exact) mass is 225 g/mol. The van der Waals surface area contributed by atoms with Gasteiger partial charge in [0.2, 0.25) is 0 Å². The summed E-state index contributed by atoms with van der Waals surface area (Å²) in [5, 5.41) is 0. The van der Waals surface area contributed by atoms with E-state index >= 15 is 0 Å². The Morgan fingerprint density at radius 3 is 2.56 bits per heavy atom. The van der Waals surface area contributed by atoms with Gasteiger partial charge in [0.05, 0.1) is 26.2 Å². The number of rotatable bonds is 1. The molecule has 0 aromatic heterocycles. The maximum atomic E-state index is 11.6. The lowest BCUT2D eigenvalue weighted by Gasteiger charge is -2.44. The number of carbonyl (C=O) groups excluding carboxylic acids is 2. The minimum Gasteiger partial charge on any atom is -0.469 e. The highest BCUT2D eigenvalue weighted by Gasteiger charge is 2.44. The second kappa shape index (κ2) is 4.15. The Kier molecular flexibility index (Phi) is 2.85. The molecule has 0 aromatic carbocycles. The number of carbonyl (C=O) groups is 2. The van der Waals surface area contributed by atoms with Gasteiger partial charge in [0.1, 0.15) is 0 Å². The summed E-state index contributed by atoms with van der Waals surface area (Å²) in [6.07, 6.45) is 4.33. The number of ether oxygens (including phenoxy) is 2. The lowest BCUT2D eigenvalue weighted by atomic mass is 9.78. The van der Waals surface area contributed by atoms with Crippen LogP contribution >= 0.6 is 0 Å². The second-order valence-corrected chi connectivity index (χ2v) is 4.12. The molecule has 1 amide bonds. The number of amides is 1. The van der Waals surface area contributed by atoms with Gasteiger partial charge in [0.15, 0.2) is 0 Å². The first kappa shape index (κ1) is 11.0. The summed E-state index contributed by atoms with van der Waals surface area (Å²) in [4.78, 5) is 24.7. The molecule has 16 heavy (non-hydrogen) atoms. The molecule has 1 aliphatic carbocycles. The van der Waals surface area contributed by atoms with Gasteiger partial charge in [-0.3, -0.25) is 4.79 Å². The molecule has 3 atom stereocenters. The van der Waals surface area contributed by atoms with E-state index in [4.69, 9.17) is 9.47 Å². The van der Waals surface area contributed by atoms with E-state index in [2.05, 4.69) is 6.08 Å². The van der Waals surface area contributed by atoms with E-state index in [1.54, 1.807) is 4.90 Å². The molecule has 88 valence electrons. The standard InChI is InChI=1S/C11H15NO4/c1-15-10(13)8-5-7-3-4-9(8)12(6-7)11(14)16-2/h3-4,7-9H,5-6H2,1-2H3/t7-,8-,9+/m0/s1. The third-order valence-electron chi connectivity index (χ3n) is 3.25. The molecule has 5 nitrogen and oxygen atoms in total. The average molecular weight is 225 g/mol. The molecule has 5 heteroatoms. The topological polar surface area (TPSA) is 55.8 Å². The number of esters is 1. The molecule has 0 aromatic rings. The third kappa shape index (κ3) is 1.66. The number of methoxy groups -OCH3 is 2. The number of piperidine rings is 1. The Hall–Kier alpha value is -1.52. The summed E-state index contributed by atoms with van der Waals surface area (Å²) >= 11 is 0. The summed E-state index contributed by atoms with van der Waals surface area (Å²) in [7, 11) is 2.72. The zero-order valence-corrected chi connectivity index (χ0v) is 9.38. The van der Waals surface area contributed by atoms with Crippen molar-refractivity contribution in [2.24, 2.45) is 11.8 Å². The molecule has 0 radical (unpaired) electrons. The molecule has 3 aliphatic rings. The molecule has 3 rings (SSSR count). The van der Waals surface area contributed by atoms with Gasteiger partial charge >= 0.3 is 12.1 Å². The van der Waals surface area contributed by atoms with E-state index < -0.39 is 0 Å². The van der Waals surface area contributed by atoms with Crippen LogP contribution < -0.4 is 0 Å². The minimum absolute atomic E-state index is 0.218. The first-order valence-corrected chi connectivity index (χ1v) is 5.28. The first-order valence-electron chi connectivity index (χ1n) is 5.28. The van der Waals surface area contributed by atoms with Crippen LogP contribution in [0.3, 0.4) is 0 Å². The van der Waals surface area contributed by atoms with Gasteiger partial charge in [0.25, 0.3) is 0 Å². The largest absolute Gasteiger partial charge is 0.469 e. The lowest BCUT2D eigenvalue weighted by molar-refractivity contribution is -0.149. The molecular formula is C11H15NO4. The summed E-state index contributed by atoms with van der Waals surface area (Å²) in [6.45, 7) is 0.626. The predicted molar refractivity (Wildman–Crippen MR) is 55.7 cm³/mol. The van der Waals surface area contributed by atoms with E-state index in [0.717, 1.165) is 6.42 Å². The fourth-order valence-corrected chi connectivity index (χ4v) is 2.48. The van der Waals surface area contributed by atoms with Gasteiger partial charge in [0, 0.05) is 6.54 Å². The molecule has 2 heterocycles. The van der Waals surface area contributed by atoms with Crippen LogP contribution in [0, 0.1) is 11.8 Å². The van der Waals surface area contributed by atoms with E-state index in [1.807, 2.05) is 6.08 Å². The molecule has 2 bridgehead atoms. The van der Waals surface area contributed by atoms with E-state index in [1.165, 1.54) is 14.2 Å². The van der Waals surface area contributed by atoms with Crippen molar-refractivity contribution in [1.29, 1.82) is 0 Å². The Balaban J connectivity index is 2.19. The molecular weight excluding hydrogens is 210 g/mol. The smallest absolute Gasteiger partial charge is 0.410 e. The molecule has 0 spiro atoms. The molecule has 0 N–H and O–H groups in total. The minimum atomic E-state index is -0.382. The number of nitrogens with zero attached hydrogens (tertiary/aromatic N) is 1. The Morgan fingerprint density at radius 2 is 2.00 bits per heavy atom. The zero-order chi connectivity index (χ0) is 11.7. The fraction of sp³-hybridized carbons (Fsp3) is 0.636. The summed E-state index contributed by atoms with van der Waals surface area (Å²) in [6, 6.07) is -0.218. The zero-order valence-electron chi connectivity index (χ0n) is 9.38. The van der Waals surface area contributed by atoms with Crippen LogP contribution in [0.25, 0.3) is 0 Å². The number of hydrogen-bond donors (Lipinski definition) is 0. The summed E-state index contributed by atoms with van der Waals surface area (Å²) < 4.78 is 9.46. The van der Waals surface area contributed by atoms with Gasteiger partial charge in [-0.25, -0.2) is 4.79 Å². The Labute approximate surface area is 94.0 Å². The Bertz CT molecular complexity index is 313. The molecule has 0 saturated carbocycles. The first-order chi connectivity index (χ1) is 7.67. The summed E-state index contributed by atoms with van der Waals surface area (Å²) in [5.41, 5.74) is 0. The van der Waals surface area contributed by atoms with Crippen LogP contribution in [0.1, 0.15) is 6.42 Å². The van der Waals surface area contributed by atoms with Gasteiger partial charge < -0.3 is 14.4 Å². The quantitative estimate of drug-likeness (QED) is 0.489. The van der Waals surface area contributed by atoms with Gasteiger partial charge in [-0.05, 0) is 12.3 Å². The fourth-order valence-electron chi connectivity index (χ4n) is 2.48. The van der Waals surface area contributed by atoms with Gasteiger partial charge in [-0.1, -0.05) is 12.2 Å². The number of hydrogen-bond acceptors (Lipinski definition) is 4. The Morgan fingerprint density at radius 1 is 1.25 bits per heavy atom. The van der Waals surface area contributed by atoms with Crippen LogP contribution in [-0.2, 0) is 14.3 Å². The van der Waals surface area contributed by atoms with E-state index in [0.29, 0.717) is 6.54 Å². The van der Waals surface area contributed by atoms with Crippen molar-refractivity contribution in [2.75, 3.05) is 20.8 Å². The van der Waals surface area contributed by atoms with Crippen molar-refractivity contribution >= 4 is 12.1 Å². The molecule has 1 fully saturated rings. The highest BCUT2D eigenvalue weighted by molar-refractivity contribution is 5.77. The van der Waals surface area contributed by atoms with Crippen LogP contribution in [0.4, 0.5) is 4.79 Å². The van der Waals surface area contributed by atoms with Crippen molar-refractivity contribution in [2.45, 2.75) is 12.5 Å². The maximum Gasteiger partial charge on any atom is 0.410 e. The van der Waals surface area contributed by atoms with Crippen LogP contribution in [-0.4, -0.2) is 43.8 Å². The van der Waals surface area contributed by atoms with Crippen LogP contribution in [0.2, 0.25) is 0 Å².